The lowest BCUT2D eigenvalue weighted by molar-refractivity contribution is -0.234. The molecule has 4 aliphatic carbocycles. The number of rotatable bonds is 5. The van der Waals surface area contributed by atoms with Gasteiger partial charge in [0, 0.05) is 17.5 Å². The second kappa shape index (κ2) is 10.2. The molecule has 4 rings (SSSR count). The molecule has 3 N–H and O–H groups in total. The molecular weight excluding hydrogens is 504 g/mol. The summed E-state index contributed by atoms with van der Waals surface area (Å²) in [5.74, 6) is -1.09. The molecule has 10 atom stereocenters. The van der Waals surface area contributed by atoms with Gasteiger partial charge in [-0.3, -0.25) is 4.79 Å². The molecule has 2 unspecified atom stereocenters. The number of halogens is 1. The zero-order chi connectivity index (χ0) is 28.4. The number of allylic oxidation sites excluding steroid dienone is 2. The van der Waals surface area contributed by atoms with E-state index in [0.717, 1.165) is 31.3 Å². The standard InChI is InChI=1S/C31H47ClO6/c1-16(2)22(32)9-8-19(28(36)37)26-21-14-24(35)27-29(5)12-11-23(34)17(3)20(29)10-13-30(27,6)31(21,7)15-25(26)38-18(4)33/h17,20-21,23-25,27,34-35H,8-15H2,1-7H3,(H,36,37)/b26-19-/t17-,20?,21?,23+,24+,25-,27-,29-,30-,31-/m0/s1. The van der Waals surface area contributed by atoms with Gasteiger partial charge in [0.25, 0.3) is 0 Å². The molecule has 0 heterocycles. The first-order valence-electron chi connectivity index (χ1n) is 14.4. The van der Waals surface area contributed by atoms with E-state index < -0.39 is 24.1 Å². The number of carboxylic acid groups (broad SMARTS) is 1. The summed E-state index contributed by atoms with van der Waals surface area (Å²) in [4.78, 5) is 24.9. The van der Waals surface area contributed by atoms with Crippen LogP contribution in [0.4, 0.5) is 0 Å². The summed E-state index contributed by atoms with van der Waals surface area (Å²) in [7, 11) is 0. The number of aliphatic hydroxyl groups is 2. The van der Waals surface area contributed by atoms with E-state index in [9.17, 15) is 24.9 Å². The van der Waals surface area contributed by atoms with Crippen molar-refractivity contribution >= 4 is 23.5 Å². The summed E-state index contributed by atoms with van der Waals surface area (Å²) in [6.45, 7) is 14.2. The molecule has 6 nitrogen and oxygen atoms in total. The first-order chi connectivity index (χ1) is 17.6. The molecule has 4 aliphatic rings. The van der Waals surface area contributed by atoms with E-state index in [1.54, 1.807) is 0 Å². The molecule has 4 fully saturated rings. The smallest absolute Gasteiger partial charge is 0.331 e. The predicted octanol–water partition coefficient (Wildman–Crippen LogP) is 6.23. The number of ether oxygens (including phenoxy) is 1. The molecule has 7 heteroatoms. The third kappa shape index (κ3) is 4.47. The van der Waals surface area contributed by atoms with E-state index >= 15 is 0 Å². The van der Waals surface area contributed by atoms with E-state index in [1.807, 2.05) is 13.8 Å². The Kier molecular flexibility index (Phi) is 7.97. The monoisotopic (exact) mass is 550 g/mol. The highest BCUT2D eigenvalue weighted by atomic mass is 35.5. The minimum atomic E-state index is -1.01. The number of esters is 1. The van der Waals surface area contributed by atoms with Crippen molar-refractivity contribution in [3.63, 3.8) is 0 Å². The second-order valence-corrected chi connectivity index (χ2v) is 14.2. The second-order valence-electron chi connectivity index (χ2n) is 13.7. The number of fused-ring (bicyclic) bond motifs is 5. The van der Waals surface area contributed by atoms with Crippen LogP contribution in [0.25, 0.3) is 0 Å². The molecule has 4 saturated carbocycles. The molecule has 0 spiro atoms. The van der Waals surface area contributed by atoms with Gasteiger partial charge in [-0.05, 0) is 111 Å². The molecule has 0 aromatic rings. The zero-order valence-electron chi connectivity index (χ0n) is 24.1. The summed E-state index contributed by atoms with van der Waals surface area (Å²) < 4.78 is 5.87. The number of carbonyl (C=O) groups is 2. The van der Waals surface area contributed by atoms with Gasteiger partial charge in [0.2, 0.25) is 0 Å². The van der Waals surface area contributed by atoms with E-state index in [1.165, 1.54) is 6.92 Å². The van der Waals surface area contributed by atoms with Gasteiger partial charge in [-0.15, -0.1) is 0 Å². The Morgan fingerprint density at radius 1 is 1.00 bits per heavy atom. The van der Waals surface area contributed by atoms with Crippen LogP contribution in [0.1, 0.15) is 99.8 Å². The van der Waals surface area contributed by atoms with Crippen LogP contribution in [0.5, 0.6) is 0 Å². The Morgan fingerprint density at radius 3 is 2.24 bits per heavy atom. The average Bonchev–Trinajstić information content (AvgIpc) is 3.08. The van der Waals surface area contributed by atoms with Gasteiger partial charge in [0.15, 0.2) is 0 Å². The molecule has 38 heavy (non-hydrogen) atoms. The first-order valence-corrected chi connectivity index (χ1v) is 14.8. The lowest BCUT2D eigenvalue weighted by atomic mass is 9.36. The number of aliphatic carboxylic acids is 1. The summed E-state index contributed by atoms with van der Waals surface area (Å²) in [5, 5.41) is 33.6. The average molecular weight is 551 g/mol. The van der Waals surface area contributed by atoms with Crippen LogP contribution in [-0.4, -0.2) is 45.6 Å². The molecule has 0 aromatic carbocycles. The maximum Gasteiger partial charge on any atom is 0.331 e. The Hall–Kier alpha value is -1.37. The summed E-state index contributed by atoms with van der Waals surface area (Å²) >= 11 is 6.42. The molecule has 0 saturated heterocycles. The molecule has 0 radical (unpaired) electrons. The fourth-order valence-electron chi connectivity index (χ4n) is 9.77. The van der Waals surface area contributed by atoms with Crippen LogP contribution in [0.15, 0.2) is 21.8 Å². The highest BCUT2D eigenvalue weighted by Crippen LogP contribution is 2.74. The quantitative estimate of drug-likeness (QED) is 0.277. The van der Waals surface area contributed by atoms with Crippen LogP contribution in [0.2, 0.25) is 0 Å². The zero-order valence-corrected chi connectivity index (χ0v) is 24.9. The molecular formula is C31H47ClO6. The van der Waals surface area contributed by atoms with Crippen molar-refractivity contribution in [1.29, 1.82) is 0 Å². The molecule has 214 valence electrons. The third-order valence-corrected chi connectivity index (χ3v) is 12.3. The van der Waals surface area contributed by atoms with Gasteiger partial charge < -0.3 is 20.1 Å². The van der Waals surface area contributed by atoms with E-state index in [0.29, 0.717) is 35.8 Å². The van der Waals surface area contributed by atoms with Crippen molar-refractivity contribution in [1.82, 2.24) is 0 Å². The van der Waals surface area contributed by atoms with Crippen LogP contribution in [0.3, 0.4) is 0 Å². The van der Waals surface area contributed by atoms with Crippen LogP contribution < -0.4 is 0 Å². The fourth-order valence-corrected chi connectivity index (χ4v) is 9.86. The minimum Gasteiger partial charge on any atom is -0.478 e. The Labute approximate surface area is 232 Å². The largest absolute Gasteiger partial charge is 0.478 e. The molecule has 0 bridgehead atoms. The Balaban J connectivity index is 1.83. The predicted molar refractivity (Wildman–Crippen MR) is 147 cm³/mol. The number of carbonyl (C=O) groups excluding carboxylic acids is 1. The molecule has 0 amide bonds. The Bertz CT molecular complexity index is 1040. The maximum atomic E-state index is 12.7. The van der Waals surface area contributed by atoms with E-state index in [2.05, 4.69) is 27.7 Å². The number of aliphatic hydroxyl groups excluding tert-OH is 2. The molecule has 0 aromatic heterocycles. The third-order valence-electron chi connectivity index (χ3n) is 11.8. The maximum absolute atomic E-state index is 12.7. The fraction of sp³-hybridized carbons (Fsp3) is 0.806. The van der Waals surface area contributed by atoms with Crippen LogP contribution in [-0.2, 0) is 14.3 Å². The lowest BCUT2D eigenvalue weighted by Crippen LogP contribution is -2.65. The van der Waals surface area contributed by atoms with Crippen molar-refractivity contribution in [2.45, 2.75) is 118 Å². The van der Waals surface area contributed by atoms with Gasteiger partial charge in [-0.25, -0.2) is 4.79 Å². The summed E-state index contributed by atoms with van der Waals surface area (Å²) in [6, 6.07) is 0. The van der Waals surface area contributed by atoms with Crippen molar-refractivity contribution < 1.29 is 29.6 Å². The van der Waals surface area contributed by atoms with E-state index in [4.69, 9.17) is 16.3 Å². The van der Waals surface area contributed by atoms with Gasteiger partial charge in [-0.2, -0.15) is 0 Å². The van der Waals surface area contributed by atoms with Crippen molar-refractivity contribution in [2.24, 2.45) is 39.9 Å². The number of hydrogen-bond donors (Lipinski definition) is 3. The lowest BCUT2D eigenvalue weighted by Gasteiger charge is -2.69. The normalized spacial score (nSPS) is 45.4. The van der Waals surface area contributed by atoms with Crippen molar-refractivity contribution in [2.75, 3.05) is 0 Å². The highest BCUT2D eigenvalue weighted by molar-refractivity contribution is 6.29. The van der Waals surface area contributed by atoms with E-state index in [-0.39, 0.29) is 52.1 Å². The topological polar surface area (TPSA) is 104 Å². The van der Waals surface area contributed by atoms with Gasteiger partial charge in [0.05, 0.1) is 12.2 Å². The molecule has 0 aliphatic heterocycles. The van der Waals surface area contributed by atoms with Crippen LogP contribution in [0, 0.1) is 39.9 Å². The first kappa shape index (κ1) is 29.6. The summed E-state index contributed by atoms with van der Waals surface area (Å²) in [5.41, 5.74) is 1.16. The SMILES string of the molecule is CC(=O)O[C@H]1C[C@@]2(C)C(C[C@@H](O)[C@H]3[C@@]4(C)CC[C@@H](O)[C@@H](C)C4CC[C@@]32C)/C1=C(\CCC(Cl)=C(C)C)C(=O)O. The number of carboxylic acids is 1. The number of hydrogen-bond acceptors (Lipinski definition) is 5. The van der Waals surface area contributed by atoms with Crippen molar-refractivity contribution in [3.8, 4) is 0 Å². The van der Waals surface area contributed by atoms with Gasteiger partial charge >= 0.3 is 11.9 Å². The highest BCUT2D eigenvalue weighted by Gasteiger charge is 2.70. The van der Waals surface area contributed by atoms with Gasteiger partial charge in [0.1, 0.15) is 6.10 Å². The Morgan fingerprint density at radius 2 is 1.66 bits per heavy atom. The van der Waals surface area contributed by atoms with Crippen molar-refractivity contribution in [3.05, 3.63) is 21.8 Å². The van der Waals surface area contributed by atoms with Gasteiger partial charge in [-0.1, -0.05) is 44.9 Å². The summed E-state index contributed by atoms with van der Waals surface area (Å²) in [6.07, 6.45) is 3.62. The minimum absolute atomic E-state index is 0.0238. The van der Waals surface area contributed by atoms with Crippen LogP contribution >= 0.6 is 11.6 Å².